The van der Waals surface area contributed by atoms with Crippen LogP contribution in [0.1, 0.15) is 15.9 Å². The van der Waals surface area contributed by atoms with E-state index in [0.29, 0.717) is 31.6 Å². The van der Waals surface area contributed by atoms with E-state index in [4.69, 9.17) is 39.9 Å². The van der Waals surface area contributed by atoms with E-state index in [2.05, 4.69) is 9.71 Å². The first-order valence-corrected chi connectivity index (χ1v) is 13.7. The van der Waals surface area contributed by atoms with Gasteiger partial charge in [0.2, 0.25) is 0 Å². The SMILES string of the molecule is O=C(O)c1ccc2nc(Sc3c(Cl)cc(NS(=O)(=O)c4ccc(C(F)(F)F)cc4Cl)cc3Cl)sc2c1. The number of rotatable bonds is 6. The molecule has 1 aromatic heterocycles. The van der Waals surface area contributed by atoms with E-state index in [-0.39, 0.29) is 21.3 Å². The summed E-state index contributed by atoms with van der Waals surface area (Å²) in [5.74, 6) is -1.07. The summed E-state index contributed by atoms with van der Waals surface area (Å²) in [5.41, 5.74) is -0.435. The van der Waals surface area contributed by atoms with Crippen LogP contribution in [0, 0.1) is 0 Å². The molecule has 0 radical (unpaired) electrons. The van der Waals surface area contributed by atoms with Gasteiger partial charge in [0.15, 0.2) is 4.34 Å². The van der Waals surface area contributed by atoms with Gasteiger partial charge in [-0.3, -0.25) is 4.72 Å². The molecule has 0 saturated carbocycles. The molecule has 4 aromatic rings. The number of aromatic carboxylic acids is 1. The lowest BCUT2D eigenvalue weighted by Gasteiger charge is -2.13. The summed E-state index contributed by atoms with van der Waals surface area (Å²) in [6.45, 7) is 0. The molecular weight excluding hydrogens is 604 g/mol. The van der Waals surface area contributed by atoms with Crippen LogP contribution < -0.4 is 4.72 Å². The van der Waals surface area contributed by atoms with Crippen molar-refractivity contribution in [1.29, 1.82) is 0 Å². The Bertz CT molecular complexity index is 1600. The number of alkyl halides is 3. The van der Waals surface area contributed by atoms with Crippen molar-refractivity contribution in [1.82, 2.24) is 4.98 Å². The topological polar surface area (TPSA) is 96.4 Å². The lowest BCUT2D eigenvalue weighted by atomic mass is 10.2. The average Bonchev–Trinajstić information content (AvgIpc) is 3.17. The predicted octanol–water partition coefficient (Wildman–Crippen LogP) is 7.93. The second-order valence-corrected chi connectivity index (χ2v) is 12.2. The van der Waals surface area contributed by atoms with Crippen molar-refractivity contribution in [3.63, 3.8) is 0 Å². The lowest BCUT2D eigenvalue weighted by Crippen LogP contribution is -2.14. The number of thiazole rings is 1. The van der Waals surface area contributed by atoms with E-state index < -0.39 is 37.7 Å². The van der Waals surface area contributed by atoms with Gasteiger partial charge in [0, 0.05) is 0 Å². The molecule has 4 rings (SSSR count). The number of carbonyl (C=O) groups is 1. The fourth-order valence-electron chi connectivity index (χ4n) is 2.99. The smallest absolute Gasteiger partial charge is 0.416 e. The molecule has 0 spiro atoms. The Balaban J connectivity index is 1.59. The molecule has 0 aliphatic heterocycles. The molecule has 0 amide bonds. The molecule has 0 atom stereocenters. The van der Waals surface area contributed by atoms with Crippen LogP contribution in [0.3, 0.4) is 0 Å². The van der Waals surface area contributed by atoms with E-state index in [9.17, 15) is 26.4 Å². The van der Waals surface area contributed by atoms with E-state index in [1.807, 2.05) is 0 Å². The molecule has 15 heteroatoms. The van der Waals surface area contributed by atoms with Gasteiger partial charge in [-0.05, 0) is 48.5 Å². The van der Waals surface area contributed by atoms with Gasteiger partial charge in [-0.2, -0.15) is 13.2 Å². The summed E-state index contributed by atoms with van der Waals surface area (Å²) >= 11 is 20.8. The molecule has 0 bridgehead atoms. The molecule has 0 unspecified atom stereocenters. The third kappa shape index (κ3) is 5.68. The molecular formula is C21H10Cl3F3N2O4S3. The number of carboxylic acid groups (broad SMARTS) is 1. The van der Waals surface area contributed by atoms with Gasteiger partial charge in [-0.15, -0.1) is 11.3 Å². The summed E-state index contributed by atoms with van der Waals surface area (Å²) in [6, 6.07) is 8.94. The maximum atomic E-state index is 12.9. The lowest BCUT2D eigenvalue weighted by molar-refractivity contribution is -0.137. The highest BCUT2D eigenvalue weighted by Crippen LogP contribution is 2.43. The van der Waals surface area contributed by atoms with Crippen LogP contribution in [0.2, 0.25) is 15.1 Å². The fraction of sp³-hybridized carbons (Fsp3) is 0.0476. The standard InChI is InChI=1S/C21H10Cl3F3N2O4S3/c22-12-6-10(21(25,26)27)2-4-17(12)36(32,33)29-11-7-13(23)18(14(24)8-11)35-20-28-15-3-1-9(19(30)31)5-16(15)34-20/h1-8,29H,(H,30,31). The number of hydrogen-bond acceptors (Lipinski definition) is 6. The van der Waals surface area contributed by atoms with Crippen molar-refractivity contribution in [2.45, 2.75) is 20.3 Å². The molecule has 0 aliphatic rings. The number of sulfonamides is 1. The number of hydrogen-bond donors (Lipinski definition) is 2. The highest BCUT2D eigenvalue weighted by molar-refractivity contribution is 8.01. The maximum absolute atomic E-state index is 12.9. The fourth-order valence-corrected chi connectivity index (χ4v) is 7.35. The maximum Gasteiger partial charge on any atom is 0.416 e. The van der Waals surface area contributed by atoms with Gasteiger partial charge in [0.25, 0.3) is 10.0 Å². The van der Waals surface area contributed by atoms with Crippen molar-refractivity contribution >= 4 is 89.8 Å². The van der Waals surface area contributed by atoms with Crippen molar-refractivity contribution in [2.75, 3.05) is 4.72 Å². The van der Waals surface area contributed by atoms with E-state index in [0.717, 1.165) is 17.8 Å². The van der Waals surface area contributed by atoms with Gasteiger partial charge in [0.1, 0.15) is 4.90 Å². The van der Waals surface area contributed by atoms with Gasteiger partial charge in [-0.1, -0.05) is 46.6 Å². The van der Waals surface area contributed by atoms with Crippen LogP contribution in [0.15, 0.2) is 62.7 Å². The Kier molecular flexibility index (Phi) is 7.39. The van der Waals surface area contributed by atoms with Crippen LogP contribution in [0.25, 0.3) is 10.2 Å². The summed E-state index contributed by atoms with van der Waals surface area (Å²) in [4.78, 5) is 15.4. The normalized spacial score (nSPS) is 12.2. The second-order valence-electron chi connectivity index (χ2n) is 7.09. The molecule has 3 aromatic carbocycles. The van der Waals surface area contributed by atoms with Gasteiger partial charge in [0.05, 0.1) is 47.0 Å². The molecule has 6 nitrogen and oxygen atoms in total. The first-order chi connectivity index (χ1) is 16.7. The molecule has 188 valence electrons. The van der Waals surface area contributed by atoms with Crippen LogP contribution in [-0.4, -0.2) is 24.5 Å². The Morgan fingerprint density at radius 3 is 2.25 bits per heavy atom. The monoisotopic (exact) mass is 612 g/mol. The number of halogens is 6. The molecule has 0 aliphatic carbocycles. The Morgan fingerprint density at radius 1 is 1.00 bits per heavy atom. The zero-order valence-electron chi connectivity index (χ0n) is 17.2. The highest BCUT2D eigenvalue weighted by atomic mass is 35.5. The minimum absolute atomic E-state index is 0.0410. The first-order valence-electron chi connectivity index (χ1n) is 9.45. The van der Waals surface area contributed by atoms with Gasteiger partial charge < -0.3 is 5.11 Å². The van der Waals surface area contributed by atoms with E-state index >= 15 is 0 Å². The van der Waals surface area contributed by atoms with Crippen molar-refractivity contribution in [3.05, 3.63) is 74.7 Å². The zero-order valence-corrected chi connectivity index (χ0v) is 21.9. The van der Waals surface area contributed by atoms with E-state index in [1.165, 1.54) is 35.6 Å². The van der Waals surface area contributed by atoms with Crippen molar-refractivity contribution in [3.8, 4) is 0 Å². The third-order valence-corrected chi connectivity index (χ3v) is 9.51. The molecule has 0 fully saturated rings. The summed E-state index contributed by atoms with van der Waals surface area (Å²) in [5, 5.41) is 8.69. The third-order valence-electron chi connectivity index (χ3n) is 4.60. The number of benzene rings is 3. The first kappa shape index (κ1) is 26.8. The summed E-state index contributed by atoms with van der Waals surface area (Å²) in [6.07, 6.45) is -4.68. The average molecular weight is 614 g/mol. The Hall–Kier alpha value is -2.22. The highest BCUT2D eigenvalue weighted by Gasteiger charge is 2.32. The molecule has 2 N–H and O–H groups in total. The number of aromatic nitrogens is 1. The summed E-state index contributed by atoms with van der Waals surface area (Å²) < 4.78 is 67.4. The van der Waals surface area contributed by atoms with Crippen molar-refractivity contribution in [2.24, 2.45) is 0 Å². The minimum atomic E-state index is -4.68. The predicted molar refractivity (Wildman–Crippen MR) is 134 cm³/mol. The molecule has 0 saturated heterocycles. The molecule has 36 heavy (non-hydrogen) atoms. The number of nitrogens with zero attached hydrogens (tertiary/aromatic N) is 1. The number of nitrogens with one attached hydrogen (secondary N) is 1. The zero-order chi connectivity index (χ0) is 26.4. The number of carboxylic acids is 1. The largest absolute Gasteiger partial charge is 0.478 e. The van der Waals surface area contributed by atoms with Crippen LogP contribution in [-0.2, 0) is 16.2 Å². The van der Waals surface area contributed by atoms with Crippen LogP contribution >= 0.6 is 57.9 Å². The van der Waals surface area contributed by atoms with Crippen LogP contribution in [0.5, 0.6) is 0 Å². The van der Waals surface area contributed by atoms with Gasteiger partial charge in [-0.25, -0.2) is 18.2 Å². The summed E-state index contributed by atoms with van der Waals surface area (Å²) in [7, 11) is -4.37. The number of fused-ring (bicyclic) bond motifs is 1. The minimum Gasteiger partial charge on any atom is -0.478 e. The Labute approximate surface area is 225 Å². The van der Waals surface area contributed by atoms with Crippen molar-refractivity contribution < 1.29 is 31.5 Å². The Morgan fingerprint density at radius 2 is 1.67 bits per heavy atom. The van der Waals surface area contributed by atoms with Crippen LogP contribution in [0.4, 0.5) is 18.9 Å². The van der Waals surface area contributed by atoms with E-state index in [1.54, 1.807) is 6.07 Å². The van der Waals surface area contributed by atoms with Gasteiger partial charge >= 0.3 is 12.1 Å². The number of anilines is 1. The second kappa shape index (κ2) is 9.92. The molecule has 1 heterocycles. The quantitative estimate of drug-likeness (QED) is 0.229.